The molecule has 2 heterocycles. The quantitative estimate of drug-likeness (QED) is 0.768. The van der Waals surface area contributed by atoms with Crippen molar-refractivity contribution in [3.05, 3.63) is 42.0 Å². The number of aliphatic hydroxyl groups is 1. The summed E-state index contributed by atoms with van der Waals surface area (Å²) in [5, 5.41) is 13.2. The van der Waals surface area contributed by atoms with Crippen molar-refractivity contribution in [2.75, 3.05) is 0 Å². The van der Waals surface area contributed by atoms with Crippen LogP contribution in [0.3, 0.4) is 0 Å². The van der Waals surface area contributed by atoms with Crippen LogP contribution >= 0.6 is 0 Å². The van der Waals surface area contributed by atoms with E-state index in [2.05, 4.69) is 10.1 Å². The molecule has 0 aliphatic carbocycles. The van der Waals surface area contributed by atoms with Gasteiger partial charge >= 0.3 is 0 Å². The molecule has 0 aromatic carbocycles. The van der Waals surface area contributed by atoms with E-state index in [1.54, 1.807) is 10.9 Å². The first kappa shape index (κ1) is 8.90. The molecular weight excluding hydrogens is 178 g/mol. The van der Waals surface area contributed by atoms with Crippen molar-refractivity contribution in [3.8, 4) is 5.69 Å². The monoisotopic (exact) mass is 189 g/mol. The van der Waals surface area contributed by atoms with Crippen LogP contribution in [0.5, 0.6) is 0 Å². The molecule has 0 saturated heterocycles. The van der Waals surface area contributed by atoms with Gasteiger partial charge in [0, 0.05) is 12.4 Å². The molecule has 0 saturated carbocycles. The number of aromatic nitrogens is 3. The zero-order valence-corrected chi connectivity index (χ0v) is 7.88. The molecule has 0 spiro atoms. The largest absolute Gasteiger partial charge is 0.390 e. The van der Waals surface area contributed by atoms with Crippen molar-refractivity contribution >= 4 is 0 Å². The number of aliphatic hydroxyl groups excluding tert-OH is 1. The minimum atomic E-state index is -0.0475. The van der Waals surface area contributed by atoms with Crippen LogP contribution in [0.15, 0.2) is 30.6 Å². The number of nitrogens with zero attached hydrogens (tertiary/aromatic N) is 3. The average molecular weight is 189 g/mol. The Labute approximate surface area is 81.8 Å². The van der Waals surface area contributed by atoms with Crippen LogP contribution in [0.2, 0.25) is 0 Å². The van der Waals surface area contributed by atoms with Gasteiger partial charge in [0.15, 0.2) is 0 Å². The van der Waals surface area contributed by atoms with Gasteiger partial charge in [-0.15, -0.1) is 0 Å². The molecule has 0 amide bonds. The minimum absolute atomic E-state index is 0.0475. The van der Waals surface area contributed by atoms with E-state index < -0.39 is 0 Å². The Hall–Kier alpha value is -1.68. The summed E-state index contributed by atoms with van der Waals surface area (Å²) in [4.78, 5) is 4.00. The average Bonchev–Trinajstić information content (AvgIpc) is 2.65. The van der Waals surface area contributed by atoms with Crippen molar-refractivity contribution in [1.82, 2.24) is 14.8 Å². The molecule has 0 aliphatic heterocycles. The summed E-state index contributed by atoms with van der Waals surface area (Å²) in [5.41, 5.74) is 2.53. The maximum absolute atomic E-state index is 8.92. The van der Waals surface area contributed by atoms with Crippen molar-refractivity contribution in [2.24, 2.45) is 0 Å². The van der Waals surface area contributed by atoms with Crippen LogP contribution < -0.4 is 0 Å². The van der Waals surface area contributed by atoms with Crippen LogP contribution in [0.25, 0.3) is 5.69 Å². The lowest BCUT2D eigenvalue weighted by Crippen LogP contribution is -1.97. The summed E-state index contributed by atoms with van der Waals surface area (Å²) < 4.78 is 1.76. The van der Waals surface area contributed by atoms with Gasteiger partial charge in [-0.05, 0) is 25.1 Å². The van der Waals surface area contributed by atoms with Gasteiger partial charge in [0.25, 0.3) is 0 Å². The number of rotatable bonds is 2. The summed E-state index contributed by atoms with van der Waals surface area (Å²) in [6.07, 6.45) is 3.55. The van der Waals surface area contributed by atoms with Crippen LogP contribution in [0.1, 0.15) is 11.4 Å². The van der Waals surface area contributed by atoms with E-state index in [1.807, 2.05) is 31.3 Å². The van der Waals surface area contributed by atoms with E-state index in [0.717, 1.165) is 11.4 Å². The Morgan fingerprint density at radius 3 is 2.93 bits per heavy atom. The Bertz CT molecular complexity index is 436. The van der Waals surface area contributed by atoms with Gasteiger partial charge in [0.05, 0.1) is 23.7 Å². The van der Waals surface area contributed by atoms with Crippen molar-refractivity contribution in [3.63, 3.8) is 0 Å². The summed E-state index contributed by atoms with van der Waals surface area (Å²) in [6, 6.07) is 5.59. The number of aryl methyl sites for hydroxylation is 1. The lowest BCUT2D eigenvalue weighted by Gasteiger charge is -2.02. The third-order valence-electron chi connectivity index (χ3n) is 1.95. The molecule has 72 valence electrons. The molecule has 0 aliphatic rings. The second-order valence-corrected chi connectivity index (χ2v) is 3.07. The predicted octanol–water partition coefficient (Wildman–Crippen LogP) is 1.07. The highest BCUT2D eigenvalue weighted by Gasteiger charge is 1.99. The molecule has 2 aromatic rings. The first-order valence-electron chi connectivity index (χ1n) is 4.38. The highest BCUT2D eigenvalue weighted by Crippen LogP contribution is 2.07. The fraction of sp³-hybridized carbons (Fsp3) is 0.200. The van der Waals surface area contributed by atoms with E-state index in [-0.39, 0.29) is 6.61 Å². The Morgan fingerprint density at radius 2 is 2.29 bits per heavy atom. The first-order chi connectivity index (χ1) is 6.79. The van der Waals surface area contributed by atoms with Crippen LogP contribution in [0, 0.1) is 6.92 Å². The lowest BCUT2D eigenvalue weighted by molar-refractivity contribution is 0.277. The molecule has 0 radical (unpaired) electrons. The van der Waals surface area contributed by atoms with Gasteiger partial charge in [-0.1, -0.05) is 0 Å². The third-order valence-corrected chi connectivity index (χ3v) is 1.95. The molecule has 1 N–H and O–H groups in total. The lowest BCUT2D eigenvalue weighted by atomic mass is 10.3. The van der Waals surface area contributed by atoms with Crippen molar-refractivity contribution in [1.29, 1.82) is 0 Å². The molecule has 0 atom stereocenters. The van der Waals surface area contributed by atoms with E-state index in [1.165, 1.54) is 0 Å². The highest BCUT2D eigenvalue weighted by atomic mass is 16.3. The molecule has 0 unspecified atom stereocenters. The van der Waals surface area contributed by atoms with Crippen LogP contribution in [-0.4, -0.2) is 19.9 Å². The zero-order valence-electron chi connectivity index (χ0n) is 7.88. The third kappa shape index (κ3) is 1.65. The second kappa shape index (κ2) is 3.59. The standard InChI is InChI=1S/C10H11N3O/c1-8-3-5-13(12-8)10-2-4-11-9(6-10)7-14/h2-6,14H,7H2,1H3. The van der Waals surface area contributed by atoms with Gasteiger partial charge in [-0.25, -0.2) is 4.68 Å². The molecule has 2 rings (SSSR count). The smallest absolute Gasteiger partial charge is 0.0853 e. The van der Waals surface area contributed by atoms with Crippen LogP contribution in [-0.2, 0) is 6.61 Å². The summed E-state index contributed by atoms with van der Waals surface area (Å²) >= 11 is 0. The predicted molar refractivity (Wildman–Crippen MR) is 52.0 cm³/mol. The Morgan fingerprint density at radius 1 is 1.43 bits per heavy atom. The molecule has 4 nitrogen and oxygen atoms in total. The SMILES string of the molecule is Cc1ccn(-c2ccnc(CO)c2)n1. The number of hydrogen-bond donors (Lipinski definition) is 1. The van der Waals surface area contributed by atoms with Gasteiger partial charge in [0.1, 0.15) is 0 Å². The van der Waals surface area contributed by atoms with Gasteiger partial charge < -0.3 is 5.11 Å². The fourth-order valence-corrected chi connectivity index (χ4v) is 1.25. The van der Waals surface area contributed by atoms with Gasteiger partial charge in [-0.3, -0.25) is 4.98 Å². The van der Waals surface area contributed by atoms with Gasteiger partial charge in [-0.2, -0.15) is 5.10 Å². The first-order valence-corrected chi connectivity index (χ1v) is 4.38. The fourth-order valence-electron chi connectivity index (χ4n) is 1.25. The molecule has 4 heteroatoms. The van der Waals surface area contributed by atoms with E-state index in [4.69, 9.17) is 5.11 Å². The molecule has 2 aromatic heterocycles. The molecule has 14 heavy (non-hydrogen) atoms. The minimum Gasteiger partial charge on any atom is -0.390 e. The molecule has 0 fully saturated rings. The van der Waals surface area contributed by atoms with Crippen molar-refractivity contribution in [2.45, 2.75) is 13.5 Å². The summed E-state index contributed by atoms with van der Waals surface area (Å²) in [6.45, 7) is 1.89. The van der Waals surface area contributed by atoms with E-state index in [0.29, 0.717) is 5.69 Å². The summed E-state index contributed by atoms with van der Waals surface area (Å²) in [7, 11) is 0. The number of hydrogen-bond acceptors (Lipinski definition) is 3. The zero-order chi connectivity index (χ0) is 9.97. The van der Waals surface area contributed by atoms with E-state index in [9.17, 15) is 0 Å². The van der Waals surface area contributed by atoms with Gasteiger partial charge in [0.2, 0.25) is 0 Å². The molecule has 0 bridgehead atoms. The second-order valence-electron chi connectivity index (χ2n) is 3.07. The number of pyridine rings is 1. The Kier molecular flexibility index (Phi) is 2.28. The maximum atomic E-state index is 8.92. The molecular formula is C10H11N3O. The maximum Gasteiger partial charge on any atom is 0.0853 e. The topological polar surface area (TPSA) is 50.9 Å². The highest BCUT2D eigenvalue weighted by molar-refractivity contribution is 5.31. The van der Waals surface area contributed by atoms with Crippen LogP contribution in [0.4, 0.5) is 0 Å². The van der Waals surface area contributed by atoms with Crippen molar-refractivity contribution < 1.29 is 5.11 Å². The Balaban J connectivity index is 2.41. The normalized spacial score (nSPS) is 10.4. The van der Waals surface area contributed by atoms with E-state index >= 15 is 0 Å². The summed E-state index contributed by atoms with van der Waals surface area (Å²) in [5.74, 6) is 0.